The first kappa shape index (κ1) is 25.1. The lowest BCUT2D eigenvalue weighted by atomic mass is 9.95. The fourth-order valence-corrected chi connectivity index (χ4v) is 5.47. The van der Waals surface area contributed by atoms with Crippen LogP contribution in [-0.4, -0.2) is 46.7 Å². The van der Waals surface area contributed by atoms with E-state index in [-0.39, 0.29) is 11.2 Å². The zero-order valence-corrected chi connectivity index (χ0v) is 21.5. The molecule has 1 heterocycles. The SMILES string of the molecule is COc1ccc(-c2nnc(SC(C)C(=O)NCCc3ccccc3)n2C2CCCCC2)cc1OC. The topological polar surface area (TPSA) is 78.3 Å². The van der Waals surface area contributed by atoms with Gasteiger partial charge in [-0.25, -0.2) is 0 Å². The third-order valence-corrected chi connectivity index (χ3v) is 7.51. The number of ether oxygens (including phenoxy) is 2. The first-order chi connectivity index (χ1) is 17.1. The van der Waals surface area contributed by atoms with Gasteiger partial charge in [0.2, 0.25) is 5.91 Å². The number of aromatic nitrogens is 3. The predicted octanol–water partition coefficient (Wildman–Crippen LogP) is 5.31. The van der Waals surface area contributed by atoms with Crippen LogP contribution in [-0.2, 0) is 11.2 Å². The van der Waals surface area contributed by atoms with Gasteiger partial charge < -0.3 is 14.8 Å². The van der Waals surface area contributed by atoms with Crippen LogP contribution in [0.3, 0.4) is 0 Å². The van der Waals surface area contributed by atoms with Crippen LogP contribution < -0.4 is 14.8 Å². The van der Waals surface area contributed by atoms with E-state index in [1.54, 1.807) is 14.2 Å². The Kier molecular flexibility index (Phi) is 8.69. The second kappa shape index (κ2) is 12.1. The molecule has 1 N–H and O–H groups in total. The van der Waals surface area contributed by atoms with Gasteiger partial charge in [-0.2, -0.15) is 0 Å². The lowest BCUT2D eigenvalue weighted by molar-refractivity contribution is -0.120. The van der Waals surface area contributed by atoms with Gasteiger partial charge in [0.25, 0.3) is 0 Å². The molecule has 3 aromatic rings. The smallest absolute Gasteiger partial charge is 0.233 e. The molecule has 0 spiro atoms. The van der Waals surface area contributed by atoms with E-state index in [4.69, 9.17) is 9.47 Å². The van der Waals surface area contributed by atoms with Crippen molar-refractivity contribution < 1.29 is 14.3 Å². The molecule has 186 valence electrons. The summed E-state index contributed by atoms with van der Waals surface area (Å²) < 4.78 is 13.2. The van der Waals surface area contributed by atoms with E-state index in [2.05, 4.69) is 32.2 Å². The lowest BCUT2D eigenvalue weighted by Crippen LogP contribution is -2.32. The Hall–Kier alpha value is -3.00. The number of rotatable bonds is 10. The Labute approximate surface area is 211 Å². The molecule has 1 aliphatic rings. The molecule has 1 saturated carbocycles. The standard InChI is InChI=1S/C27H34N4O3S/c1-19(26(32)28-17-16-20-10-6-4-7-11-20)35-27-30-29-25(31(27)22-12-8-5-9-13-22)21-14-15-23(33-2)24(18-21)34-3/h4,6-7,10-11,14-15,18-19,22H,5,8-9,12-13,16-17H2,1-3H3,(H,28,32). The third kappa shape index (κ3) is 6.17. The summed E-state index contributed by atoms with van der Waals surface area (Å²) in [7, 11) is 3.26. The van der Waals surface area contributed by atoms with E-state index in [9.17, 15) is 4.79 Å². The van der Waals surface area contributed by atoms with Crippen molar-refractivity contribution in [2.45, 2.75) is 61.9 Å². The average Bonchev–Trinajstić information content (AvgIpc) is 3.32. The Morgan fingerprint density at radius 2 is 1.80 bits per heavy atom. The maximum atomic E-state index is 12.8. The largest absolute Gasteiger partial charge is 0.493 e. The molecule has 0 radical (unpaired) electrons. The molecule has 1 atom stereocenters. The van der Waals surface area contributed by atoms with Crippen LogP contribution >= 0.6 is 11.8 Å². The van der Waals surface area contributed by atoms with Crippen molar-refractivity contribution in [2.24, 2.45) is 0 Å². The monoisotopic (exact) mass is 494 g/mol. The van der Waals surface area contributed by atoms with E-state index in [1.807, 2.05) is 43.3 Å². The highest BCUT2D eigenvalue weighted by Crippen LogP contribution is 2.38. The number of hydrogen-bond acceptors (Lipinski definition) is 6. The molecule has 35 heavy (non-hydrogen) atoms. The van der Waals surface area contributed by atoms with Gasteiger partial charge in [0.1, 0.15) is 0 Å². The van der Waals surface area contributed by atoms with Crippen molar-refractivity contribution >= 4 is 17.7 Å². The molecule has 1 amide bonds. The number of carbonyl (C=O) groups is 1. The normalized spacial score (nSPS) is 14.9. The number of nitrogens with zero attached hydrogens (tertiary/aromatic N) is 3. The number of thioether (sulfide) groups is 1. The molecule has 7 nitrogen and oxygen atoms in total. The van der Waals surface area contributed by atoms with Gasteiger partial charge in [-0.1, -0.05) is 61.4 Å². The van der Waals surface area contributed by atoms with Crippen molar-refractivity contribution in [1.29, 1.82) is 0 Å². The second-order valence-electron chi connectivity index (χ2n) is 8.82. The zero-order chi connectivity index (χ0) is 24.6. The number of nitrogens with one attached hydrogen (secondary N) is 1. The highest BCUT2D eigenvalue weighted by atomic mass is 32.2. The lowest BCUT2D eigenvalue weighted by Gasteiger charge is -2.26. The van der Waals surface area contributed by atoms with Crippen molar-refractivity contribution in [3.63, 3.8) is 0 Å². The Balaban J connectivity index is 1.52. The van der Waals surface area contributed by atoms with Gasteiger partial charge >= 0.3 is 0 Å². The predicted molar refractivity (Wildman–Crippen MR) is 139 cm³/mol. The van der Waals surface area contributed by atoms with Crippen molar-refractivity contribution in [3.05, 3.63) is 54.1 Å². The summed E-state index contributed by atoms with van der Waals surface area (Å²) in [5, 5.41) is 12.7. The van der Waals surface area contributed by atoms with Crippen molar-refractivity contribution in [1.82, 2.24) is 20.1 Å². The molecule has 0 aliphatic heterocycles. The molecule has 1 aliphatic carbocycles. The average molecular weight is 495 g/mol. The summed E-state index contributed by atoms with van der Waals surface area (Å²) in [6.45, 7) is 2.54. The third-order valence-electron chi connectivity index (χ3n) is 6.45. The minimum absolute atomic E-state index is 0.0109. The van der Waals surface area contributed by atoms with Crippen LogP contribution in [0.1, 0.15) is 50.6 Å². The quantitative estimate of drug-likeness (QED) is 0.385. The summed E-state index contributed by atoms with van der Waals surface area (Å²) in [5.74, 6) is 2.15. The molecular weight excluding hydrogens is 460 g/mol. The van der Waals surface area contributed by atoms with Crippen LogP contribution in [0.2, 0.25) is 0 Å². The molecule has 1 fully saturated rings. The van der Waals surface area contributed by atoms with E-state index in [0.717, 1.165) is 35.8 Å². The van der Waals surface area contributed by atoms with Gasteiger partial charge in [0, 0.05) is 18.2 Å². The molecular formula is C27H34N4O3S. The molecule has 4 rings (SSSR count). The van der Waals surface area contributed by atoms with Crippen LogP contribution in [0.25, 0.3) is 11.4 Å². The molecule has 2 aromatic carbocycles. The fourth-order valence-electron chi connectivity index (χ4n) is 4.53. The summed E-state index contributed by atoms with van der Waals surface area (Å²) in [4.78, 5) is 12.8. The summed E-state index contributed by atoms with van der Waals surface area (Å²) in [5.41, 5.74) is 2.14. The highest BCUT2D eigenvalue weighted by Gasteiger charge is 2.27. The van der Waals surface area contributed by atoms with Crippen molar-refractivity contribution in [3.8, 4) is 22.9 Å². The molecule has 0 bridgehead atoms. The number of methoxy groups -OCH3 is 2. The minimum atomic E-state index is -0.282. The van der Waals surface area contributed by atoms with Crippen LogP contribution in [0.5, 0.6) is 11.5 Å². The second-order valence-corrected chi connectivity index (χ2v) is 10.1. The van der Waals surface area contributed by atoms with Gasteiger partial charge in [-0.3, -0.25) is 9.36 Å². The van der Waals surface area contributed by atoms with E-state index in [0.29, 0.717) is 24.1 Å². The Morgan fingerprint density at radius 1 is 1.06 bits per heavy atom. The Morgan fingerprint density at radius 3 is 2.51 bits per heavy atom. The highest BCUT2D eigenvalue weighted by molar-refractivity contribution is 8.00. The van der Waals surface area contributed by atoms with Gasteiger partial charge in [0.05, 0.1) is 19.5 Å². The van der Waals surface area contributed by atoms with Crippen LogP contribution in [0.4, 0.5) is 0 Å². The van der Waals surface area contributed by atoms with E-state index >= 15 is 0 Å². The molecule has 1 aromatic heterocycles. The first-order valence-corrected chi connectivity index (χ1v) is 13.1. The van der Waals surface area contributed by atoms with Gasteiger partial charge in [0.15, 0.2) is 22.5 Å². The number of amides is 1. The minimum Gasteiger partial charge on any atom is -0.493 e. The molecule has 8 heteroatoms. The summed E-state index contributed by atoms with van der Waals surface area (Å²) in [6.07, 6.45) is 6.62. The van der Waals surface area contributed by atoms with E-state index in [1.165, 1.54) is 36.6 Å². The van der Waals surface area contributed by atoms with Gasteiger partial charge in [-0.15, -0.1) is 10.2 Å². The van der Waals surface area contributed by atoms with E-state index < -0.39 is 0 Å². The molecule has 0 saturated heterocycles. The number of benzene rings is 2. The number of hydrogen-bond donors (Lipinski definition) is 1. The number of carbonyl (C=O) groups excluding carboxylic acids is 1. The van der Waals surface area contributed by atoms with Crippen molar-refractivity contribution in [2.75, 3.05) is 20.8 Å². The summed E-state index contributed by atoms with van der Waals surface area (Å²) >= 11 is 1.47. The summed E-state index contributed by atoms with van der Waals surface area (Å²) in [6, 6.07) is 16.3. The van der Waals surface area contributed by atoms with Crippen LogP contribution in [0.15, 0.2) is 53.7 Å². The zero-order valence-electron chi connectivity index (χ0n) is 20.7. The maximum absolute atomic E-state index is 12.8. The molecule has 1 unspecified atom stereocenters. The van der Waals surface area contributed by atoms with Gasteiger partial charge in [-0.05, 0) is 49.9 Å². The fraction of sp³-hybridized carbons (Fsp3) is 0.444. The maximum Gasteiger partial charge on any atom is 0.233 e. The Bertz CT molecular complexity index is 1110. The van der Waals surface area contributed by atoms with Crippen LogP contribution in [0, 0.1) is 0 Å². The first-order valence-electron chi connectivity index (χ1n) is 12.3.